The fourth-order valence-electron chi connectivity index (χ4n) is 2.08. The number of hydrogen-bond donors (Lipinski definition) is 1. The van der Waals surface area contributed by atoms with Gasteiger partial charge in [0.2, 0.25) is 0 Å². The van der Waals surface area contributed by atoms with Crippen LogP contribution in [0.2, 0.25) is 0 Å². The molecule has 2 rings (SSSR count). The number of hydrogen-bond acceptors (Lipinski definition) is 3. The zero-order chi connectivity index (χ0) is 13.8. The third kappa shape index (κ3) is 3.32. The second-order valence-electron chi connectivity index (χ2n) is 4.86. The van der Waals surface area contributed by atoms with E-state index in [4.69, 9.17) is 4.42 Å². The van der Waals surface area contributed by atoms with Gasteiger partial charge in [0.1, 0.15) is 5.76 Å². The molecule has 0 spiro atoms. The maximum Gasteiger partial charge on any atom is 0.179 e. The van der Waals surface area contributed by atoms with Gasteiger partial charge in [-0.2, -0.15) is 0 Å². The van der Waals surface area contributed by atoms with E-state index in [1.165, 1.54) is 5.56 Å². The molecule has 0 aliphatic carbocycles. The summed E-state index contributed by atoms with van der Waals surface area (Å²) >= 11 is 0. The first-order valence-electron chi connectivity index (χ1n) is 6.45. The second-order valence-corrected chi connectivity index (χ2v) is 4.86. The van der Waals surface area contributed by atoms with Gasteiger partial charge in [0.25, 0.3) is 0 Å². The minimum atomic E-state index is -0.230. The van der Waals surface area contributed by atoms with Gasteiger partial charge in [-0.3, -0.25) is 4.79 Å². The summed E-state index contributed by atoms with van der Waals surface area (Å²) in [6, 6.07) is 9.41. The summed E-state index contributed by atoms with van der Waals surface area (Å²) in [6.45, 7) is 6.44. The summed E-state index contributed by atoms with van der Waals surface area (Å²) in [5, 5.41) is 3.18. The fraction of sp³-hybridized carbons (Fsp3) is 0.312. The number of carbonyl (C=O) groups is 1. The Morgan fingerprint density at radius 1 is 1.32 bits per heavy atom. The molecule has 1 atom stereocenters. The number of ketones is 1. The number of nitrogens with one attached hydrogen (secondary N) is 1. The average Bonchev–Trinajstić information content (AvgIpc) is 2.88. The van der Waals surface area contributed by atoms with Crippen molar-refractivity contribution in [2.24, 2.45) is 0 Å². The molecule has 2 aromatic rings. The fourth-order valence-corrected chi connectivity index (χ4v) is 2.08. The first kappa shape index (κ1) is 13.6. The number of aryl methyl sites for hydroxylation is 2. The molecule has 1 heterocycles. The van der Waals surface area contributed by atoms with Gasteiger partial charge in [0, 0.05) is 5.56 Å². The first-order chi connectivity index (χ1) is 9.08. The molecule has 0 bridgehead atoms. The number of carbonyl (C=O) groups excluding carboxylic acids is 1. The Kier molecular flexibility index (Phi) is 4.17. The lowest BCUT2D eigenvalue weighted by molar-refractivity contribution is 0.0949. The van der Waals surface area contributed by atoms with E-state index in [0.717, 1.165) is 16.9 Å². The van der Waals surface area contributed by atoms with Crippen LogP contribution in [0.15, 0.2) is 41.0 Å². The molecule has 0 radical (unpaired) electrons. The molecular weight excluding hydrogens is 238 g/mol. The normalized spacial score (nSPS) is 12.4. The van der Waals surface area contributed by atoms with E-state index in [0.29, 0.717) is 6.54 Å². The van der Waals surface area contributed by atoms with Gasteiger partial charge in [-0.1, -0.05) is 23.8 Å². The number of benzene rings is 1. The molecule has 0 saturated carbocycles. The number of rotatable bonds is 5. The topological polar surface area (TPSA) is 42.2 Å². The summed E-state index contributed by atoms with van der Waals surface area (Å²) in [5.74, 6) is 0.948. The van der Waals surface area contributed by atoms with Crippen molar-refractivity contribution in [3.8, 4) is 0 Å². The zero-order valence-corrected chi connectivity index (χ0v) is 11.6. The Bertz CT molecular complexity index is 558. The Hall–Kier alpha value is -1.87. The Morgan fingerprint density at radius 2 is 2.11 bits per heavy atom. The van der Waals surface area contributed by atoms with Gasteiger partial charge in [-0.25, -0.2) is 0 Å². The molecule has 1 unspecified atom stereocenters. The van der Waals surface area contributed by atoms with Crippen molar-refractivity contribution >= 4 is 5.78 Å². The molecule has 0 aliphatic heterocycles. The summed E-state index contributed by atoms with van der Waals surface area (Å²) in [5.41, 5.74) is 2.98. The van der Waals surface area contributed by atoms with E-state index in [1.807, 2.05) is 51.1 Å². The van der Waals surface area contributed by atoms with Crippen LogP contribution in [0.25, 0.3) is 0 Å². The first-order valence-corrected chi connectivity index (χ1v) is 6.45. The molecule has 3 heteroatoms. The van der Waals surface area contributed by atoms with Crippen molar-refractivity contribution in [1.29, 1.82) is 0 Å². The summed E-state index contributed by atoms with van der Waals surface area (Å²) in [7, 11) is 0. The van der Waals surface area contributed by atoms with E-state index < -0.39 is 0 Å². The van der Waals surface area contributed by atoms with Crippen LogP contribution in [0.1, 0.15) is 34.2 Å². The maximum absolute atomic E-state index is 12.3. The van der Waals surface area contributed by atoms with Gasteiger partial charge < -0.3 is 9.73 Å². The predicted octanol–water partition coefficient (Wildman–Crippen LogP) is 3.26. The van der Waals surface area contributed by atoms with Crippen molar-refractivity contribution < 1.29 is 9.21 Å². The van der Waals surface area contributed by atoms with E-state index >= 15 is 0 Å². The molecular formula is C16H19NO2. The van der Waals surface area contributed by atoms with Gasteiger partial charge in [-0.05, 0) is 38.5 Å². The lowest BCUT2D eigenvalue weighted by Crippen LogP contribution is -2.33. The third-order valence-electron chi connectivity index (χ3n) is 3.20. The molecule has 1 aromatic carbocycles. The summed E-state index contributed by atoms with van der Waals surface area (Å²) in [6.07, 6.45) is 1.63. The van der Waals surface area contributed by atoms with Crippen LogP contribution in [0.4, 0.5) is 0 Å². The van der Waals surface area contributed by atoms with Crippen molar-refractivity contribution in [2.75, 3.05) is 0 Å². The van der Waals surface area contributed by atoms with Gasteiger partial charge >= 0.3 is 0 Å². The molecule has 1 N–H and O–H groups in total. The van der Waals surface area contributed by atoms with Crippen LogP contribution in [0.3, 0.4) is 0 Å². The average molecular weight is 257 g/mol. The van der Waals surface area contributed by atoms with Crippen molar-refractivity contribution in [2.45, 2.75) is 33.4 Å². The van der Waals surface area contributed by atoms with Crippen LogP contribution in [-0.2, 0) is 6.54 Å². The van der Waals surface area contributed by atoms with E-state index in [2.05, 4.69) is 5.32 Å². The molecule has 19 heavy (non-hydrogen) atoms. The highest BCUT2D eigenvalue weighted by Crippen LogP contribution is 2.13. The van der Waals surface area contributed by atoms with Crippen LogP contribution >= 0.6 is 0 Å². The number of furan rings is 1. The Labute approximate surface area is 113 Å². The Balaban J connectivity index is 2.02. The van der Waals surface area contributed by atoms with E-state index in [1.54, 1.807) is 6.26 Å². The second kappa shape index (κ2) is 5.85. The molecule has 0 aliphatic rings. The minimum absolute atomic E-state index is 0.115. The highest BCUT2D eigenvalue weighted by Gasteiger charge is 2.16. The van der Waals surface area contributed by atoms with Gasteiger partial charge in [0.15, 0.2) is 5.78 Å². The van der Waals surface area contributed by atoms with Crippen LogP contribution in [0, 0.1) is 13.8 Å². The van der Waals surface area contributed by atoms with Crippen LogP contribution in [0.5, 0.6) is 0 Å². The van der Waals surface area contributed by atoms with E-state index in [-0.39, 0.29) is 11.8 Å². The standard InChI is InChI=1S/C16H19NO2/c1-11-6-7-15(12(2)9-11)16(18)13(3)17-10-14-5-4-8-19-14/h4-9,13,17H,10H2,1-3H3. The van der Waals surface area contributed by atoms with Crippen LogP contribution in [-0.4, -0.2) is 11.8 Å². The third-order valence-corrected chi connectivity index (χ3v) is 3.20. The number of Topliss-reactive ketones (excluding diaryl/α,β-unsaturated/α-hetero) is 1. The van der Waals surface area contributed by atoms with Gasteiger partial charge in [-0.15, -0.1) is 0 Å². The predicted molar refractivity (Wildman–Crippen MR) is 75.3 cm³/mol. The molecule has 100 valence electrons. The molecule has 0 amide bonds. The largest absolute Gasteiger partial charge is 0.468 e. The smallest absolute Gasteiger partial charge is 0.179 e. The van der Waals surface area contributed by atoms with Gasteiger partial charge in [0.05, 0.1) is 18.8 Å². The van der Waals surface area contributed by atoms with E-state index in [9.17, 15) is 4.79 Å². The van der Waals surface area contributed by atoms with Crippen molar-refractivity contribution in [3.63, 3.8) is 0 Å². The Morgan fingerprint density at radius 3 is 2.74 bits per heavy atom. The summed E-state index contributed by atoms with van der Waals surface area (Å²) < 4.78 is 5.24. The highest BCUT2D eigenvalue weighted by molar-refractivity contribution is 6.01. The maximum atomic E-state index is 12.3. The summed E-state index contributed by atoms with van der Waals surface area (Å²) in [4.78, 5) is 12.3. The highest BCUT2D eigenvalue weighted by atomic mass is 16.3. The molecule has 0 fully saturated rings. The zero-order valence-electron chi connectivity index (χ0n) is 11.6. The lowest BCUT2D eigenvalue weighted by Gasteiger charge is -2.13. The van der Waals surface area contributed by atoms with Crippen molar-refractivity contribution in [1.82, 2.24) is 5.32 Å². The molecule has 0 saturated heterocycles. The quantitative estimate of drug-likeness (QED) is 0.836. The van der Waals surface area contributed by atoms with Crippen molar-refractivity contribution in [3.05, 3.63) is 59.0 Å². The monoisotopic (exact) mass is 257 g/mol. The minimum Gasteiger partial charge on any atom is -0.468 e. The SMILES string of the molecule is Cc1ccc(C(=O)C(C)NCc2ccco2)c(C)c1. The lowest BCUT2D eigenvalue weighted by atomic mass is 9.98. The van der Waals surface area contributed by atoms with Crippen LogP contribution < -0.4 is 5.32 Å². The molecule has 1 aromatic heterocycles. The molecule has 3 nitrogen and oxygen atoms in total.